The summed E-state index contributed by atoms with van der Waals surface area (Å²) in [6, 6.07) is 5.42. The van der Waals surface area contributed by atoms with E-state index in [4.69, 9.17) is 4.74 Å². The molecular formula is C13H15N5O3. The van der Waals surface area contributed by atoms with Gasteiger partial charge >= 0.3 is 5.97 Å². The number of hydrogen-bond acceptors (Lipinski definition) is 6. The molecule has 0 spiro atoms. The van der Waals surface area contributed by atoms with Crippen LogP contribution in [0.25, 0.3) is 11.4 Å². The molecule has 1 amide bonds. The number of hydrogen-bond donors (Lipinski definition) is 2. The van der Waals surface area contributed by atoms with E-state index in [1.165, 1.54) is 0 Å². The molecule has 0 unspecified atom stereocenters. The quantitative estimate of drug-likeness (QED) is 0.629. The summed E-state index contributed by atoms with van der Waals surface area (Å²) in [5.74, 6) is -0.658. The lowest BCUT2D eigenvalue weighted by Crippen LogP contribution is -2.18. The van der Waals surface area contributed by atoms with Gasteiger partial charge in [0.2, 0.25) is 11.7 Å². The highest BCUT2D eigenvalue weighted by molar-refractivity contribution is 6.03. The largest absolute Gasteiger partial charge is 0.466 e. The summed E-state index contributed by atoms with van der Waals surface area (Å²) in [5, 5.41) is 16.3. The van der Waals surface area contributed by atoms with E-state index in [-0.39, 0.29) is 13.0 Å². The summed E-state index contributed by atoms with van der Waals surface area (Å²) >= 11 is 0. The van der Waals surface area contributed by atoms with Gasteiger partial charge in [-0.05, 0) is 36.8 Å². The topological polar surface area (TPSA) is 110 Å². The minimum Gasteiger partial charge on any atom is -0.466 e. The zero-order valence-corrected chi connectivity index (χ0v) is 11.7. The Morgan fingerprint density at radius 2 is 2.19 bits per heavy atom. The van der Waals surface area contributed by atoms with Gasteiger partial charge in [-0.2, -0.15) is 5.21 Å². The van der Waals surface area contributed by atoms with Gasteiger partial charge in [-0.25, -0.2) is 0 Å². The molecule has 0 aliphatic rings. The molecule has 110 valence electrons. The number of amides is 1. The van der Waals surface area contributed by atoms with Crippen LogP contribution in [0.1, 0.15) is 18.9 Å². The predicted molar refractivity (Wildman–Crippen MR) is 74.2 cm³/mol. The Morgan fingerprint density at radius 1 is 1.38 bits per heavy atom. The standard InChI is InChI=1S/C13H15N5O3/c1-3-21-12(20)7-11(19)14-10-6-8(2)4-5-9(10)13-15-17-18-16-13/h4-6H,3,7H2,1-2H3,(H,14,19)(H,15,16,17,18). The summed E-state index contributed by atoms with van der Waals surface area (Å²) in [5.41, 5.74) is 2.09. The van der Waals surface area contributed by atoms with Crippen molar-refractivity contribution in [3.63, 3.8) is 0 Å². The number of aryl methyl sites for hydroxylation is 1. The minimum atomic E-state index is -0.566. The number of benzene rings is 1. The molecule has 0 aliphatic heterocycles. The van der Waals surface area contributed by atoms with E-state index in [1.54, 1.807) is 19.1 Å². The molecule has 21 heavy (non-hydrogen) atoms. The predicted octanol–water partition coefficient (Wildman–Crippen LogP) is 1.07. The number of nitrogens with zero attached hydrogens (tertiary/aromatic N) is 3. The molecule has 1 aromatic carbocycles. The van der Waals surface area contributed by atoms with Crippen LogP contribution in [0.3, 0.4) is 0 Å². The van der Waals surface area contributed by atoms with Crippen LogP contribution in [0.15, 0.2) is 18.2 Å². The lowest BCUT2D eigenvalue weighted by atomic mass is 10.1. The van der Waals surface area contributed by atoms with E-state index in [2.05, 4.69) is 25.9 Å². The van der Waals surface area contributed by atoms with Gasteiger partial charge < -0.3 is 10.1 Å². The van der Waals surface area contributed by atoms with Crippen LogP contribution in [0.2, 0.25) is 0 Å². The van der Waals surface area contributed by atoms with Crippen LogP contribution < -0.4 is 5.32 Å². The summed E-state index contributed by atoms with van der Waals surface area (Å²) in [4.78, 5) is 23.2. The first-order valence-corrected chi connectivity index (χ1v) is 6.40. The van der Waals surface area contributed by atoms with Crippen molar-refractivity contribution in [2.24, 2.45) is 0 Å². The molecule has 0 fully saturated rings. The Labute approximate surface area is 120 Å². The van der Waals surface area contributed by atoms with Crippen molar-refractivity contribution < 1.29 is 14.3 Å². The molecule has 2 N–H and O–H groups in total. The molecule has 0 saturated heterocycles. The highest BCUT2D eigenvalue weighted by Crippen LogP contribution is 2.25. The number of aromatic amines is 1. The van der Waals surface area contributed by atoms with Gasteiger partial charge in [-0.3, -0.25) is 9.59 Å². The van der Waals surface area contributed by atoms with Gasteiger partial charge in [0.05, 0.1) is 12.3 Å². The monoisotopic (exact) mass is 289 g/mol. The SMILES string of the molecule is CCOC(=O)CC(=O)Nc1cc(C)ccc1-c1nn[nH]n1. The number of anilines is 1. The van der Waals surface area contributed by atoms with Gasteiger partial charge in [0.1, 0.15) is 6.42 Å². The van der Waals surface area contributed by atoms with Crippen molar-refractivity contribution in [1.29, 1.82) is 0 Å². The van der Waals surface area contributed by atoms with E-state index < -0.39 is 11.9 Å². The van der Waals surface area contributed by atoms with Crippen LogP contribution in [-0.4, -0.2) is 39.1 Å². The molecular weight excluding hydrogens is 274 g/mol. The Kier molecular flexibility index (Phi) is 4.60. The zero-order valence-electron chi connectivity index (χ0n) is 11.7. The highest BCUT2D eigenvalue weighted by Gasteiger charge is 2.15. The van der Waals surface area contributed by atoms with Crippen molar-refractivity contribution in [2.45, 2.75) is 20.3 Å². The van der Waals surface area contributed by atoms with Crippen molar-refractivity contribution in [3.05, 3.63) is 23.8 Å². The van der Waals surface area contributed by atoms with Gasteiger partial charge in [0.25, 0.3) is 0 Å². The Bertz CT molecular complexity index is 639. The number of tetrazole rings is 1. The van der Waals surface area contributed by atoms with Gasteiger partial charge in [-0.1, -0.05) is 6.07 Å². The average molecular weight is 289 g/mol. The molecule has 0 atom stereocenters. The molecule has 0 bridgehead atoms. The van der Waals surface area contributed by atoms with E-state index in [1.807, 2.05) is 13.0 Å². The number of carbonyl (C=O) groups is 2. The number of H-pyrrole nitrogens is 1. The fraction of sp³-hybridized carbons (Fsp3) is 0.308. The van der Waals surface area contributed by atoms with Crippen LogP contribution in [0.5, 0.6) is 0 Å². The summed E-state index contributed by atoms with van der Waals surface area (Å²) in [6.07, 6.45) is -0.340. The maximum Gasteiger partial charge on any atom is 0.315 e. The minimum absolute atomic E-state index is 0.241. The van der Waals surface area contributed by atoms with Crippen molar-refractivity contribution >= 4 is 17.6 Å². The van der Waals surface area contributed by atoms with Crippen molar-refractivity contribution in [3.8, 4) is 11.4 Å². The first-order valence-electron chi connectivity index (χ1n) is 6.40. The van der Waals surface area contributed by atoms with Crippen molar-refractivity contribution in [2.75, 3.05) is 11.9 Å². The molecule has 2 aromatic rings. The second kappa shape index (κ2) is 6.60. The molecule has 0 radical (unpaired) electrons. The van der Waals surface area contributed by atoms with E-state index in [0.717, 1.165) is 5.56 Å². The number of carbonyl (C=O) groups excluding carboxylic acids is 2. The second-order valence-corrected chi connectivity index (χ2v) is 4.31. The fourth-order valence-corrected chi connectivity index (χ4v) is 1.77. The van der Waals surface area contributed by atoms with Crippen LogP contribution in [-0.2, 0) is 14.3 Å². The van der Waals surface area contributed by atoms with Crippen LogP contribution >= 0.6 is 0 Å². The maximum absolute atomic E-state index is 11.9. The molecule has 1 aromatic heterocycles. The smallest absolute Gasteiger partial charge is 0.315 e. The van der Waals surface area contributed by atoms with Crippen molar-refractivity contribution in [1.82, 2.24) is 20.6 Å². The van der Waals surface area contributed by atoms with E-state index in [0.29, 0.717) is 17.1 Å². The Hall–Kier alpha value is -2.77. The third kappa shape index (κ3) is 3.85. The van der Waals surface area contributed by atoms with Gasteiger partial charge in [-0.15, -0.1) is 10.2 Å². The molecule has 8 heteroatoms. The Morgan fingerprint density at radius 3 is 2.86 bits per heavy atom. The number of aromatic nitrogens is 4. The first kappa shape index (κ1) is 14.6. The summed E-state index contributed by atoms with van der Waals surface area (Å²) in [7, 11) is 0. The average Bonchev–Trinajstić information content (AvgIpc) is 2.92. The van der Waals surface area contributed by atoms with Gasteiger partial charge in [0, 0.05) is 5.56 Å². The molecule has 8 nitrogen and oxygen atoms in total. The summed E-state index contributed by atoms with van der Waals surface area (Å²) in [6.45, 7) is 3.82. The molecule has 0 aliphatic carbocycles. The fourth-order valence-electron chi connectivity index (χ4n) is 1.77. The van der Waals surface area contributed by atoms with Gasteiger partial charge in [0.15, 0.2) is 0 Å². The van der Waals surface area contributed by atoms with Crippen LogP contribution in [0, 0.1) is 6.92 Å². The maximum atomic E-state index is 11.9. The third-order valence-electron chi connectivity index (χ3n) is 2.65. The number of rotatable bonds is 5. The zero-order chi connectivity index (χ0) is 15.2. The van der Waals surface area contributed by atoms with Crippen LogP contribution in [0.4, 0.5) is 5.69 Å². The van der Waals surface area contributed by atoms with E-state index >= 15 is 0 Å². The third-order valence-corrected chi connectivity index (χ3v) is 2.65. The summed E-state index contributed by atoms with van der Waals surface area (Å²) < 4.78 is 4.74. The number of ether oxygens (including phenoxy) is 1. The molecule has 2 rings (SSSR count). The molecule has 0 saturated carbocycles. The Balaban J connectivity index is 2.17. The lowest BCUT2D eigenvalue weighted by Gasteiger charge is -2.09. The number of esters is 1. The number of nitrogens with one attached hydrogen (secondary N) is 2. The highest BCUT2D eigenvalue weighted by atomic mass is 16.5. The second-order valence-electron chi connectivity index (χ2n) is 4.31. The molecule has 1 heterocycles. The van der Waals surface area contributed by atoms with E-state index in [9.17, 15) is 9.59 Å². The normalized spacial score (nSPS) is 10.2. The first-order chi connectivity index (χ1) is 10.1. The lowest BCUT2D eigenvalue weighted by molar-refractivity contribution is -0.145.